The van der Waals surface area contributed by atoms with Gasteiger partial charge in [0, 0.05) is 16.7 Å². The molecule has 1 heterocycles. The lowest BCUT2D eigenvalue weighted by molar-refractivity contribution is 0.202. The molecule has 0 saturated heterocycles. The summed E-state index contributed by atoms with van der Waals surface area (Å²) in [4.78, 5) is 1.35. The first-order valence-electron chi connectivity index (χ1n) is 6.75. The van der Waals surface area contributed by atoms with Gasteiger partial charge in [0.1, 0.15) is 12.0 Å². The van der Waals surface area contributed by atoms with Crippen molar-refractivity contribution in [1.29, 1.82) is 0 Å². The van der Waals surface area contributed by atoms with E-state index in [4.69, 9.17) is 10.5 Å². The smallest absolute Gasteiger partial charge is 0.148 e. The van der Waals surface area contributed by atoms with Crippen molar-refractivity contribution in [2.75, 3.05) is 0 Å². The Balaban J connectivity index is 1.69. The Labute approximate surface area is 122 Å². The van der Waals surface area contributed by atoms with E-state index in [9.17, 15) is 0 Å². The molecule has 0 bridgehead atoms. The minimum atomic E-state index is -0.275. The van der Waals surface area contributed by atoms with Crippen LogP contribution >= 0.6 is 11.3 Å². The first-order chi connectivity index (χ1) is 9.83. The van der Waals surface area contributed by atoms with Crippen LogP contribution in [0.4, 0.5) is 0 Å². The molecule has 2 N–H and O–H groups in total. The molecule has 0 saturated carbocycles. The molecule has 1 aromatic heterocycles. The third kappa shape index (κ3) is 3.00. The van der Waals surface area contributed by atoms with Crippen molar-refractivity contribution in [2.24, 2.45) is 5.73 Å². The normalized spacial score (nSPS) is 12.4. The van der Waals surface area contributed by atoms with Gasteiger partial charge in [0.15, 0.2) is 0 Å². The highest BCUT2D eigenvalue weighted by Crippen LogP contribution is 2.26. The summed E-state index contributed by atoms with van der Waals surface area (Å²) < 4.78 is 5.91. The highest BCUT2D eigenvalue weighted by Gasteiger charge is 2.08. The summed E-state index contributed by atoms with van der Waals surface area (Å²) in [6, 6.07) is 18.5. The fourth-order valence-electron chi connectivity index (χ4n) is 2.26. The molecule has 1 unspecified atom stereocenters. The van der Waals surface area contributed by atoms with Crippen LogP contribution in [0.5, 0.6) is 5.75 Å². The van der Waals surface area contributed by atoms with E-state index in [1.165, 1.54) is 10.3 Å². The van der Waals surface area contributed by atoms with E-state index >= 15 is 0 Å². The largest absolute Gasteiger partial charge is 0.475 e. The average molecular weight is 283 g/mol. The standard InChI is InChI=1S/C17H17NOS/c18-17(11-10-14-7-4-12-20-14)19-16-9-3-6-13-5-1-2-8-15(13)16/h1-9,12,17H,10-11,18H2. The zero-order valence-electron chi connectivity index (χ0n) is 11.2. The second-order valence-corrected chi connectivity index (χ2v) is 5.78. The van der Waals surface area contributed by atoms with Crippen LogP contribution in [0.15, 0.2) is 60.0 Å². The highest BCUT2D eigenvalue weighted by atomic mass is 32.1. The molecule has 3 aromatic rings. The molecule has 1 atom stereocenters. The second kappa shape index (κ2) is 6.07. The molecule has 20 heavy (non-hydrogen) atoms. The van der Waals surface area contributed by atoms with Crippen molar-refractivity contribution in [2.45, 2.75) is 19.1 Å². The van der Waals surface area contributed by atoms with Gasteiger partial charge in [0.05, 0.1) is 0 Å². The monoisotopic (exact) mass is 283 g/mol. The summed E-state index contributed by atoms with van der Waals surface area (Å²) in [7, 11) is 0. The van der Waals surface area contributed by atoms with Gasteiger partial charge in [0.25, 0.3) is 0 Å². The molecule has 0 amide bonds. The Morgan fingerprint density at radius 2 is 1.85 bits per heavy atom. The van der Waals surface area contributed by atoms with E-state index in [1.54, 1.807) is 11.3 Å². The Hall–Kier alpha value is -1.84. The fourth-order valence-corrected chi connectivity index (χ4v) is 2.98. The Morgan fingerprint density at radius 1 is 1.00 bits per heavy atom. The van der Waals surface area contributed by atoms with Crippen molar-refractivity contribution < 1.29 is 4.74 Å². The second-order valence-electron chi connectivity index (χ2n) is 4.75. The number of ether oxygens (including phenoxy) is 1. The maximum absolute atomic E-state index is 6.10. The quantitative estimate of drug-likeness (QED) is 0.712. The number of rotatable bonds is 5. The predicted molar refractivity (Wildman–Crippen MR) is 85.2 cm³/mol. The van der Waals surface area contributed by atoms with E-state index in [0.717, 1.165) is 24.0 Å². The van der Waals surface area contributed by atoms with E-state index in [0.29, 0.717) is 0 Å². The molecule has 0 fully saturated rings. The minimum Gasteiger partial charge on any atom is -0.475 e. The van der Waals surface area contributed by atoms with Gasteiger partial charge in [-0.05, 0) is 29.3 Å². The molecular formula is C17H17NOS. The number of nitrogens with two attached hydrogens (primary N) is 1. The highest BCUT2D eigenvalue weighted by molar-refractivity contribution is 7.09. The summed E-state index contributed by atoms with van der Waals surface area (Å²) in [5.74, 6) is 0.863. The number of thiophene rings is 1. The number of aryl methyl sites for hydroxylation is 1. The topological polar surface area (TPSA) is 35.2 Å². The van der Waals surface area contributed by atoms with Crippen molar-refractivity contribution >= 4 is 22.1 Å². The molecule has 0 aliphatic heterocycles. The third-order valence-electron chi connectivity index (χ3n) is 3.28. The summed E-state index contributed by atoms with van der Waals surface area (Å²) in [5, 5.41) is 4.38. The van der Waals surface area contributed by atoms with Gasteiger partial charge in [-0.2, -0.15) is 0 Å². The molecule has 102 valence electrons. The molecule has 2 nitrogen and oxygen atoms in total. The maximum Gasteiger partial charge on any atom is 0.148 e. The Morgan fingerprint density at radius 3 is 2.70 bits per heavy atom. The number of fused-ring (bicyclic) bond motifs is 1. The number of hydrogen-bond donors (Lipinski definition) is 1. The van der Waals surface area contributed by atoms with Crippen LogP contribution in [0, 0.1) is 0 Å². The van der Waals surface area contributed by atoms with Crippen LogP contribution in [-0.2, 0) is 6.42 Å². The Bertz CT molecular complexity index is 673. The van der Waals surface area contributed by atoms with Crippen LogP contribution in [0.25, 0.3) is 10.8 Å². The predicted octanol–water partition coefficient (Wildman–Crippen LogP) is 4.20. The van der Waals surface area contributed by atoms with Gasteiger partial charge >= 0.3 is 0 Å². The van der Waals surface area contributed by atoms with Crippen LogP contribution in [0.2, 0.25) is 0 Å². The van der Waals surface area contributed by atoms with Crippen LogP contribution in [-0.4, -0.2) is 6.23 Å². The zero-order chi connectivity index (χ0) is 13.8. The molecule has 0 spiro atoms. The molecule has 0 radical (unpaired) electrons. The first-order valence-corrected chi connectivity index (χ1v) is 7.63. The van der Waals surface area contributed by atoms with Crippen molar-refractivity contribution in [3.05, 3.63) is 64.9 Å². The maximum atomic E-state index is 6.10. The number of benzene rings is 2. The van der Waals surface area contributed by atoms with E-state index in [1.807, 2.05) is 24.3 Å². The van der Waals surface area contributed by atoms with Gasteiger partial charge in [0.2, 0.25) is 0 Å². The minimum absolute atomic E-state index is 0.275. The molecule has 3 rings (SSSR count). The van der Waals surface area contributed by atoms with E-state index in [-0.39, 0.29) is 6.23 Å². The summed E-state index contributed by atoms with van der Waals surface area (Å²) in [6.07, 6.45) is 1.51. The van der Waals surface area contributed by atoms with Crippen molar-refractivity contribution in [3.63, 3.8) is 0 Å². The van der Waals surface area contributed by atoms with E-state index in [2.05, 4.69) is 35.7 Å². The Kier molecular flexibility index (Phi) is 4.00. The lowest BCUT2D eigenvalue weighted by atomic mass is 10.1. The number of hydrogen-bond acceptors (Lipinski definition) is 3. The molecular weight excluding hydrogens is 266 g/mol. The molecule has 2 aromatic carbocycles. The SMILES string of the molecule is NC(CCc1cccs1)Oc1cccc2ccccc12. The van der Waals surface area contributed by atoms with Crippen LogP contribution in [0.3, 0.4) is 0 Å². The van der Waals surface area contributed by atoms with E-state index < -0.39 is 0 Å². The van der Waals surface area contributed by atoms with Gasteiger partial charge in [-0.3, -0.25) is 5.73 Å². The third-order valence-corrected chi connectivity index (χ3v) is 4.22. The summed E-state index contributed by atoms with van der Waals surface area (Å²) >= 11 is 1.76. The fraction of sp³-hybridized carbons (Fsp3) is 0.176. The summed E-state index contributed by atoms with van der Waals surface area (Å²) in [5.41, 5.74) is 6.10. The lowest BCUT2D eigenvalue weighted by Crippen LogP contribution is -2.27. The molecule has 0 aliphatic rings. The molecule has 3 heteroatoms. The lowest BCUT2D eigenvalue weighted by Gasteiger charge is -2.15. The van der Waals surface area contributed by atoms with Gasteiger partial charge in [-0.1, -0.05) is 42.5 Å². The van der Waals surface area contributed by atoms with Gasteiger partial charge in [-0.15, -0.1) is 11.3 Å². The van der Waals surface area contributed by atoms with Crippen LogP contribution in [0.1, 0.15) is 11.3 Å². The average Bonchev–Trinajstić information content (AvgIpc) is 2.99. The first kappa shape index (κ1) is 13.2. The zero-order valence-corrected chi connectivity index (χ0v) is 12.0. The van der Waals surface area contributed by atoms with Crippen molar-refractivity contribution in [3.8, 4) is 5.75 Å². The molecule has 0 aliphatic carbocycles. The van der Waals surface area contributed by atoms with Crippen molar-refractivity contribution in [1.82, 2.24) is 0 Å². The van der Waals surface area contributed by atoms with Crippen LogP contribution < -0.4 is 10.5 Å². The van der Waals surface area contributed by atoms with Gasteiger partial charge < -0.3 is 4.74 Å². The summed E-state index contributed by atoms with van der Waals surface area (Å²) in [6.45, 7) is 0. The van der Waals surface area contributed by atoms with Gasteiger partial charge in [-0.25, -0.2) is 0 Å².